The number of benzene rings is 1. The summed E-state index contributed by atoms with van der Waals surface area (Å²) in [5.41, 5.74) is 0.699. The zero-order valence-electron chi connectivity index (χ0n) is 7.93. The summed E-state index contributed by atoms with van der Waals surface area (Å²) >= 11 is 0. The Labute approximate surface area is 81.1 Å². The fourth-order valence-corrected chi connectivity index (χ4v) is 1.08. The standard InChI is InChI=1S/C9H10N2O3/c1-10(2)8-3-4-9(11(13)14)7(5-8)6-12/h3-6H,1-2H3. The van der Waals surface area contributed by atoms with Crippen LogP contribution in [0.3, 0.4) is 0 Å². The maximum atomic E-state index is 10.6. The van der Waals surface area contributed by atoms with Crippen LogP contribution in [0.5, 0.6) is 0 Å². The smallest absolute Gasteiger partial charge is 0.280 e. The van der Waals surface area contributed by atoms with Gasteiger partial charge in [0.1, 0.15) is 0 Å². The van der Waals surface area contributed by atoms with E-state index in [2.05, 4.69) is 0 Å². The van der Waals surface area contributed by atoms with Crippen molar-refractivity contribution in [3.63, 3.8) is 0 Å². The lowest BCUT2D eigenvalue weighted by molar-refractivity contribution is -0.385. The Morgan fingerprint density at radius 1 is 1.43 bits per heavy atom. The van der Waals surface area contributed by atoms with Gasteiger partial charge in [-0.25, -0.2) is 0 Å². The third kappa shape index (κ3) is 1.87. The zero-order valence-corrected chi connectivity index (χ0v) is 7.93. The summed E-state index contributed by atoms with van der Waals surface area (Å²) in [7, 11) is 3.60. The lowest BCUT2D eigenvalue weighted by Crippen LogP contribution is -2.09. The zero-order chi connectivity index (χ0) is 10.7. The second-order valence-corrected chi connectivity index (χ2v) is 3.01. The average Bonchev–Trinajstić information content (AvgIpc) is 2.16. The molecule has 0 radical (unpaired) electrons. The van der Waals surface area contributed by atoms with Gasteiger partial charge in [-0.1, -0.05) is 0 Å². The largest absolute Gasteiger partial charge is 0.378 e. The van der Waals surface area contributed by atoms with Crippen molar-refractivity contribution in [3.05, 3.63) is 33.9 Å². The van der Waals surface area contributed by atoms with E-state index in [1.165, 1.54) is 12.1 Å². The molecule has 0 aromatic heterocycles. The number of nitro groups is 1. The quantitative estimate of drug-likeness (QED) is 0.415. The van der Waals surface area contributed by atoms with Crippen LogP contribution in [0.4, 0.5) is 11.4 Å². The van der Waals surface area contributed by atoms with E-state index in [9.17, 15) is 14.9 Å². The summed E-state index contributed by atoms with van der Waals surface area (Å²) in [4.78, 5) is 22.3. The molecule has 5 heteroatoms. The van der Waals surface area contributed by atoms with Gasteiger partial charge in [-0.15, -0.1) is 0 Å². The molecule has 0 saturated heterocycles. The molecular weight excluding hydrogens is 184 g/mol. The maximum absolute atomic E-state index is 10.6. The number of carbonyl (C=O) groups is 1. The molecule has 0 aliphatic carbocycles. The van der Waals surface area contributed by atoms with Crippen LogP contribution in [0.15, 0.2) is 18.2 Å². The van der Waals surface area contributed by atoms with Gasteiger partial charge in [-0.3, -0.25) is 14.9 Å². The van der Waals surface area contributed by atoms with Crippen LogP contribution >= 0.6 is 0 Å². The molecular formula is C9H10N2O3. The first kappa shape index (κ1) is 10.2. The molecule has 1 aromatic carbocycles. The van der Waals surface area contributed by atoms with Crippen LogP contribution in [0.1, 0.15) is 10.4 Å². The number of carbonyl (C=O) groups excluding carboxylic acids is 1. The molecule has 0 heterocycles. The van der Waals surface area contributed by atoms with E-state index >= 15 is 0 Å². The lowest BCUT2D eigenvalue weighted by Gasteiger charge is -2.12. The Morgan fingerprint density at radius 2 is 2.07 bits per heavy atom. The van der Waals surface area contributed by atoms with E-state index in [4.69, 9.17) is 0 Å². The average molecular weight is 194 g/mol. The number of nitro benzene ring substituents is 1. The van der Waals surface area contributed by atoms with Crippen LogP contribution in [0.25, 0.3) is 0 Å². The fraction of sp³-hybridized carbons (Fsp3) is 0.222. The van der Waals surface area contributed by atoms with Gasteiger partial charge in [-0.2, -0.15) is 0 Å². The highest BCUT2D eigenvalue weighted by Crippen LogP contribution is 2.22. The van der Waals surface area contributed by atoms with E-state index in [0.29, 0.717) is 6.29 Å². The molecule has 0 saturated carbocycles. The van der Waals surface area contributed by atoms with Crippen LogP contribution < -0.4 is 4.90 Å². The van der Waals surface area contributed by atoms with E-state index in [1.54, 1.807) is 25.1 Å². The molecule has 0 bridgehead atoms. The molecule has 0 fully saturated rings. The Kier molecular flexibility index (Phi) is 2.81. The summed E-state index contributed by atoms with van der Waals surface area (Å²) in [5, 5.41) is 10.5. The van der Waals surface area contributed by atoms with Crippen LogP contribution in [-0.4, -0.2) is 25.3 Å². The second-order valence-electron chi connectivity index (χ2n) is 3.01. The highest BCUT2D eigenvalue weighted by molar-refractivity contribution is 5.83. The number of rotatable bonds is 3. The SMILES string of the molecule is CN(C)c1ccc([N+](=O)[O-])c(C=O)c1. The first-order valence-corrected chi connectivity index (χ1v) is 3.97. The highest BCUT2D eigenvalue weighted by Gasteiger charge is 2.13. The van der Waals surface area contributed by atoms with Gasteiger partial charge in [0, 0.05) is 25.8 Å². The van der Waals surface area contributed by atoms with Crippen molar-refractivity contribution in [2.75, 3.05) is 19.0 Å². The minimum atomic E-state index is -0.566. The Balaban J connectivity index is 3.25. The van der Waals surface area contributed by atoms with Crippen molar-refractivity contribution in [2.45, 2.75) is 0 Å². The minimum absolute atomic E-state index is 0.0983. The van der Waals surface area contributed by atoms with E-state index in [1.807, 2.05) is 0 Å². The normalized spacial score (nSPS) is 9.57. The van der Waals surface area contributed by atoms with Gasteiger partial charge in [0.05, 0.1) is 10.5 Å². The minimum Gasteiger partial charge on any atom is -0.378 e. The lowest BCUT2D eigenvalue weighted by atomic mass is 10.1. The topological polar surface area (TPSA) is 63.4 Å². The van der Waals surface area contributed by atoms with Gasteiger partial charge in [-0.05, 0) is 12.1 Å². The maximum Gasteiger partial charge on any atom is 0.280 e. The third-order valence-electron chi connectivity index (χ3n) is 1.85. The summed E-state index contributed by atoms with van der Waals surface area (Å²) < 4.78 is 0. The summed E-state index contributed by atoms with van der Waals surface area (Å²) in [6.07, 6.45) is 0.491. The predicted molar refractivity (Wildman–Crippen MR) is 52.8 cm³/mol. The Hall–Kier alpha value is -1.91. The van der Waals surface area contributed by atoms with Gasteiger partial charge in [0.15, 0.2) is 6.29 Å². The van der Waals surface area contributed by atoms with Gasteiger partial charge in [0.25, 0.3) is 5.69 Å². The summed E-state index contributed by atoms with van der Waals surface area (Å²) in [6, 6.07) is 4.43. The van der Waals surface area contributed by atoms with Crippen molar-refractivity contribution in [1.82, 2.24) is 0 Å². The van der Waals surface area contributed by atoms with Crippen LogP contribution in [0, 0.1) is 10.1 Å². The van der Waals surface area contributed by atoms with Crippen molar-refractivity contribution in [1.29, 1.82) is 0 Å². The number of hydrogen-bond donors (Lipinski definition) is 0. The molecule has 0 aliphatic heterocycles. The van der Waals surface area contributed by atoms with Crippen molar-refractivity contribution in [3.8, 4) is 0 Å². The first-order valence-electron chi connectivity index (χ1n) is 3.97. The molecule has 1 aromatic rings. The van der Waals surface area contributed by atoms with Crippen LogP contribution in [-0.2, 0) is 0 Å². The van der Waals surface area contributed by atoms with Crippen molar-refractivity contribution >= 4 is 17.7 Å². The molecule has 0 amide bonds. The van der Waals surface area contributed by atoms with Gasteiger partial charge in [0.2, 0.25) is 0 Å². The molecule has 1 rings (SSSR count). The molecule has 0 atom stereocenters. The van der Waals surface area contributed by atoms with Gasteiger partial charge >= 0.3 is 0 Å². The first-order chi connectivity index (χ1) is 6.56. The van der Waals surface area contributed by atoms with Crippen molar-refractivity contribution in [2.24, 2.45) is 0 Å². The van der Waals surface area contributed by atoms with E-state index in [-0.39, 0.29) is 11.3 Å². The van der Waals surface area contributed by atoms with E-state index in [0.717, 1.165) is 5.69 Å². The third-order valence-corrected chi connectivity index (χ3v) is 1.85. The summed E-state index contributed by atoms with van der Waals surface area (Å²) in [6.45, 7) is 0. The number of nitrogens with zero attached hydrogens (tertiary/aromatic N) is 2. The van der Waals surface area contributed by atoms with Gasteiger partial charge < -0.3 is 4.90 Å². The number of hydrogen-bond acceptors (Lipinski definition) is 4. The Morgan fingerprint density at radius 3 is 2.50 bits per heavy atom. The number of aldehydes is 1. The predicted octanol–water partition coefficient (Wildman–Crippen LogP) is 1.47. The Bertz CT molecular complexity index is 374. The van der Waals surface area contributed by atoms with Crippen molar-refractivity contribution < 1.29 is 9.72 Å². The summed E-state index contributed by atoms with van der Waals surface area (Å²) in [5.74, 6) is 0. The second kappa shape index (κ2) is 3.87. The molecule has 0 unspecified atom stereocenters. The molecule has 0 spiro atoms. The fourth-order valence-electron chi connectivity index (χ4n) is 1.08. The monoisotopic (exact) mass is 194 g/mol. The number of anilines is 1. The molecule has 0 aliphatic rings. The molecule has 0 N–H and O–H groups in total. The molecule has 5 nitrogen and oxygen atoms in total. The molecule has 74 valence electrons. The highest BCUT2D eigenvalue weighted by atomic mass is 16.6. The van der Waals surface area contributed by atoms with E-state index < -0.39 is 4.92 Å². The van der Waals surface area contributed by atoms with Crippen LogP contribution in [0.2, 0.25) is 0 Å². The molecule has 14 heavy (non-hydrogen) atoms.